The van der Waals surface area contributed by atoms with Crippen LogP contribution >= 0.6 is 0 Å². The average Bonchev–Trinajstić information content (AvgIpc) is 3.04. The van der Waals surface area contributed by atoms with Gasteiger partial charge in [0.2, 0.25) is 5.91 Å². The van der Waals surface area contributed by atoms with Gasteiger partial charge in [0.25, 0.3) is 17.7 Å². The molecule has 4 rings (SSSR count). The summed E-state index contributed by atoms with van der Waals surface area (Å²) < 4.78 is 0. The fraction of sp³-hybridized carbons (Fsp3) is 0.583. The molecule has 4 amide bonds. The first-order chi connectivity index (χ1) is 15.0. The maximum Gasteiger partial charge on any atom is 0.261 e. The number of benzene rings is 1. The van der Waals surface area contributed by atoms with Crippen LogP contribution in [0.1, 0.15) is 95.8 Å². The molecular formula is C24H31N3O4. The lowest BCUT2D eigenvalue weighted by atomic mass is 9.94. The number of carbonyl (C=O) groups excluding carboxylic acids is 4. The Kier molecular flexibility index (Phi) is 6.39. The van der Waals surface area contributed by atoms with E-state index in [0.717, 1.165) is 51.4 Å². The summed E-state index contributed by atoms with van der Waals surface area (Å²) in [6.07, 6.45) is 7.74. The lowest BCUT2D eigenvalue weighted by molar-refractivity contribution is -0.122. The van der Waals surface area contributed by atoms with Crippen LogP contribution in [0.15, 0.2) is 18.2 Å². The molecule has 0 bridgehead atoms. The van der Waals surface area contributed by atoms with Gasteiger partial charge >= 0.3 is 0 Å². The molecule has 0 spiro atoms. The predicted molar refractivity (Wildman–Crippen MR) is 116 cm³/mol. The Bertz CT molecular complexity index is 883. The molecule has 2 fully saturated rings. The topological polar surface area (TPSA) is 86.8 Å². The monoisotopic (exact) mass is 425 g/mol. The van der Waals surface area contributed by atoms with Crippen molar-refractivity contribution in [3.8, 4) is 0 Å². The maximum atomic E-state index is 13.0. The molecule has 2 aliphatic heterocycles. The Morgan fingerprint density at radius 1 is 0.968 bits per heavy atom. The van der Waals surface area contributed by atoms with E-state index in [1.807, 2.05) is 6.92 Å². The minimum Gasteiger partial charge on any atom is -0.353 e. The molecule has 1 aromatic carbocycles. The molecule has 1 saturated heterocycles. The fourth-order valence-corrected chi connectivity index (χ4v) is 5.00. The highest BCUT2D eigenvalue weighted by molar-refractivity contribution is 6.22. The third-order valence-corrected chi connectivity index (χ3v) is 6.73. The molecule has 0 radical (unpaired) electrons. The highest BCUT2D eigenvalue weighted by atomic mass is 16.2. The number of carbonyl (C=O) groups is 4. The van der Waals surface area contributed by atoms with Gasteiger partial charge in [-0.1, -0.05) is 26.2 Å². The molecule has 7 heteroatoms. The third kappa shape index (κ3) is 4.36. The first-order valence-corrected chi connectivity index (χ1v) is 11.6. The van der Waals surface area contributed by atoms with E-state index in [9.17, 15) is 19.2 Å². The molecule has 0 atom stereocenters. The van der Waals surface area contributed by atoms with Gasteiger partial charge in [-0.3, -0.25) is 24.1 Å². The van der Waals surface area contributed by atoms with E-state index < -0.39 is 0 Å². The summed E-state index contributed by atoms with van der Waals surface area (Å²) in [5, 5.41) is 3.04. The van der Waals surface area contributed by atoms with Crippen molar-refractivity contribution in [2.45, 2.75) is 76.8 Å². The number of amides is 4. The Labute approximate surface area is 183 Å². The molecule has 0 aromatic heterocycles. The Balaban J connectivity index is 1.42. The lowest BCUT2D eigenvalue weighted by Crippen LogP contribution is -2.46. The summed E-state index contributed by atoms with van der Waals surface area (Å²) >= 11 is 0. The number of hydrogen-bond acceptors (Lipinski definition) is 4. The first-order valence-electron chi connectivity index (χ1n) is 11.6. The van der Waals surface area contributed by atoms with Gasteiger partial charge in [0, 0.05) is 37.2 Å². The van der Waals surface area contributed by atoms with Crippen molar-refractivity contribution in [1.29, 1.82) is 0 Å². The average molecular weight is 426 g/mol. The molecule has 1 saturated carbocycles. The Morgan fingerprint density at radius 3 is 2.32 bits per heavy atom. The van der Waals surface area contributed by atoms with Crippen LogP contribution in [0.3, 0.4) is 0 Å². The van der Waals surface area contributed by atoms with Crippen molar-refractivity contribution in [2.75, 3.05) is 13.1 Å². The Morgan fingerprint density at radius 2 is 1.65 bits per heavy atom. The molecule has 1 aromatic rings. The zero-order valence-corrected chi connectivity index (χ0v) is 18.2. The second-order valence-electron chi connectivity index (χ2n) is 8.92. The fourth-order valence-electron chi connectivity index (χ4n) is 5.00. The van der Waals surface area contributed by atoms with E-state index in [1.165, 1.54) is 4.90 Å². The van der Waals surface area contributed by atoms with E-state index in [0.29, 0.717) is 36.2 Å². The van der Waals surface area contributed by atoms with Gasteiger partial charge in [0.05, 0.1) is 11.1 Å². The molecule has 2 heterocycles. The van der Waals surface area contributed by atoms with E-state index in [2.05, 4.69) is 5.32 Å². The van der Waals surface area contributed by atoms with Crippen molar-refractivity contribution >= 4 is 23.6 Å². The normalized spacial score (nSPS) is 20.2. The molecule has 0 unspecified atom stereocenters. The number of fused-ring (bicyclic) bond motifs is 1. The largest absolute Gasteiger partial charge is 0.353 e. The van der Waals surface area contributed by atoms with E-state index in [4.69, 9.17) is 0 Å². The first kappa shape index (κ1) is 21.5. The summed E-state index contributed by atoms with van der Waals surface area (Å²) in [5.41, 5.74) is 1.20. The van der Waals surface area contributed by atoms with E-state index in [1.54, 1.807) is 23.1 Å². The summed E-state index contributed by atoms with van der Waals surface area (Å²) in [4.78, 5) is 53.8. The van der Waals surface area contributed by atoms with Crippen molar-refractivity contribution in [1.82, 2.24) is 15.1 Å². The van der Waals surface area contributed by atoms with Gasteiger partial charge in [-0.25, -0.2) is 0 Å². The summed E-state index contributed by atoms with van der Waals surface area (Å²) in [6, 6.07) is 4.96. The summed E-state index contributed by atoms with van der Waals surface area (Å²) in [7, 11) is 0. The lowest BCUT2D eigenvalue weighted by Gasteiger charge is -2.32. The molecule has 166 valence electrons. The second-order valence-corrected chi connectivity index (χ2v) is 8.92. The SMILES string of the molecule is CCCC(=O)NC1CCN(C(=O)c2ccc3c(c2)C(=O)N(C2CCCCC2)C3=O)CC1. The van der Waals surface area contributed by atoms with Crippen LogP contribution in [0, 0.1) is 0 Å². The zero-order chi connectivity index (χ0) is 22.0. The van der Waals surface area contributed by atoms with Crippen LogP contribution in [0.5, 0.6) is 0 Å². The highest BCUT2D eigenvalue weighted by Gasteiger charge is 2.40. The maximum absolute atomic E-state index is 13.0. The van der Waals surface area contributed by atoms with Gasteiger partial charge in [-0.05, 0) is 50.3 Å². The van der Waals surface area contributed by atoms with Gasteiger partial charge in [0.15, 0.2) is 0 Å². The minimum atomic E-state index is -0.265. The predicted octanol–water partition coefficient (Wildman–Crippen LogP) is 3.14. The molecule has 31 heavy (non-hydrogen) atoms. The number of nitrogens with zero attached hydrogens (tertiary/aromatic N) is 2. The summed E-state index contributed by atoms with van der Waals surface area (Å²) in [5.74, 6) is -0.553. The quantitative estimate of drug-likeness (QED) is 0.735. The van der Waals surface area contributed by atoms with E-state index in [-0.39, 0.29) is 35.7 Å². The number of hydrogen-bond donors (Lipinski definition) is 1. The van der Waals surface area contributed by atoms with Crippen molar-refractivity contribution < 1.29 is 19.2 Å². The molecule has 1 aliphatic carbocycles. The third-order valence-electron chi connectivity index (χ3n) is 6.73. The Hall–Kier alpha value is -2.70. The molecule has 1 N–H and O–H groups in total. The smallest absolute Gasteiger partial charge is 0.261 e. The van der Waals surface area contributed by atoms with Gasteiger partial charge in [0.1, 0.15) is 0 Å². The van der Waals surface area contributed by atoms with Crippen LogP contribution in [0.25, 0.3) is 0 Å². The van der Waals surface area contributed by atoms with Gasteiger partial charge < -0.3 is 10.2 Å². The van der Waals surface area contributed by atoms with Crippen LogP contribution in [-0.4, -0.2) is 58.6 Å². The molecular weight excluding hydrogens is 394 g/mol. The van der Waals surface area contributed by atoms with Crippen LogP contribution in [0.2, 0.25) is 0 Å². The van der Waals surface area contributed by atoms with Gasteiger partial charge in [-0.15, -0.1) is 0 Å². The van der Waals surface area contributed by atoms with Crippen LogP contribution in [0.4, 0.5) is 0 Å². The van der Waals surface area contributed by atoms with Crippen LogP contribution in [-0.2, 0) is 4.79 Å². The minimum absolute atomic E-state index is 0.0257. The number of nitrogens with one attached hydrogen (secondary N) is 1. The van der Waals surface area contributed by atoms with E-state index >= 15 is 0 Å². The number of likely N-dealkylation sites (tertiary alicyclic amines) is 1. The zero-order valence-electron chi connectivity index (χ0n) is 18.2. The molecule has 7 nitrogen and oxygen atoms in total. The second kappa shape index (κ2) is 9.20. The number of imide groups is 1. The van der Waals surface area contributed by atoms with Gasteiger partial charge in [-0.2, -0.15) is 0 Å². The van der Waals surface area contributed by atoms with Crippen molar-refractivity contribution in [2.24, 2.45) is 0 Å². The number of rotatable bonds is 5. The van der Waals surface area contributed by atoms with Crippen molar-refractivity contribution in [3.63, 3.8) is 0 Å². The summed E-state index contributed by atoms with van der Waals surface area (Å²) in [6.45, 7) is 3.10. The van der Waals surface area contributed by atoms with Crippen molar-refractivity contribution in [3.05, 3.63) is 34.9 Å². The highest BCUT2D eigenvalue weighted by Crippen LogP contribution is 2.31. The standard InChI is InChI=1S/C24H31N3O4/c1-2-6-21(28)25-17-11-13-26(14-12-17)22(29)16-9-10-19-20(15-16)24(31)27(23(19)30)18-7-4-3-5-8-18/h9-10,15,17-18H,2-8,11-14H2,1H3,(H,25,28). The van der Waals surface area contributed by atoms with Crippen LogP contribution < -0.4 is 5.32 Å². The molecule has 3 aliphatic rings. The number of piperidine rings is 1.